The molecule has 0 nitrogen and oxygen atoms in total. The largest absolute Gasteiger partial charge is 0.152 e. The van der Waals surface area contributed by atoms with E-state index >= 15 is 0 Å². The molecule has 1 heteroatoms. The summed E-state index contributed by atoms with van der Waals surface area (Å²) in [5.74, 6) is 0. The van der Waals surface area contributed by atoms with Gasteiger partial charge in [0.25, 0.3) is 0 Å². The highest BCUT2D eigenvalue weighted by atomic mass is 28.3. The average Bonchev–Trinajstić information content (AvgIpc) is 3.03. The summed E-state index contributed by atoms with van der Waals surface area (Å²) in [4.78, 5) is 0. The molecule has 0 aliphatic carbocycles. The molecule has 0 heterocycles. The maximum absolute atomic E-state index is 9.04. The molecular weight excluding hydrogens is 376 g/mol. The first kappa shape index (κ1) is 7.66. The first-order chi connectivity index (χ1) is 22.4. The quantitative estimate of drug-likeness (QED) is 0.303. The van der Waals surface area contributed by atoms with E-state index in [1.165, 1.54) is 0 Å². The van der Waals surface area contributed by atoms with Gasteiger partial charge in [-0.05, 0) is 38.1 Å². The monoisotopic (exact) mass is 425 g/mol. The lowest BCUT2D eigenvalue weighted by Crippen LogP contribution is -2.68. The van der Waals surface area contributed by atoms with Gasteiger partial charge in [-0.2, -0.15) is 0 Å². The zero-order valence-electron chi connectivity index (χ0n) is 35.7. The molecule has 0 amide bonds. The summed E-state index contributed by atoms with van der Waals surface area (Å²) in [6.45, 7) is 4.96. The molecule has 0 spiro atoms. The van der Waals surface area contributed by atoms with Crippen LogP contribution in [0.15, 0.2) is 115 Å². The summed E-state index contributed by atoms with van der Waals surface area (Å²) in [7, 11) is -5.36. The molecule has 4 rings (SSSR count). The number of hydrogen-bond acceptors (Lipinski definition) is 0. The van der Waals surface area contributed by atoms with Crippen LogP contribution in [0.1, 0.15) is 57.9 Å². The summed E-state index contributed by atoms with van der Waals surface area (Å²) in [6.07, 6.45) is 0. The van der Waals surface area contributed by atoms with Crippen molar-refractivity contribution in [3.05, 3.63) is 126 Å². The Balaban J connectivity index is 2.53. The van der Waals surface area contributed by atoms with Gasteiger partial charge in [0.05, 0.1) is 26.0 Å². The van der Waals surface area contributed by atoms with Gasteiger partial charge in [-0.3, -0.25) is 0 Å². The second-order valence-corrected chi connectivity index (χ2v) is 11.3. The molecule has 150 valence electrons. The first-order valence-corrected chi connectivity index (χ1v) is 11.4. The molecular formula is C29H30Si. The van der Waals surface area contributed by atoms with Gasteiger partial charge >= 0.3 is 0 Å². The fraction of sp³-hybridized carbons (Fsp3) is 0.172. The van der Waals surface area contributed by atoms with Crippen LogP contribution in [-0.2, 0) is 11.5 Å². The number of hydrogen-bond donors (Lipinski definition) is 0. The van der Waals surface area contributed by atoms with E-state index in [-0.39, 0.29) is 5.56 Å². The SMILES string of the molecule is [2H]c1c([2H])c([2H])c([Si](Cc2c([2H])c([2H])c(C(C)(C)C)c([2H])c2[2H])(c2c([2H])c([2H])c([2H])c([2H])c2[2H])c2c([2H])c([2H])c([2H])c([2H])c2[2H])c([2H])c1[2H]. The van der Waals surface area contributed by atoms with Crippen LogP contribution in [0.5, 0.6) is 0 Å². The normalized spacial score (nSPS) is 20.8. The van der Waals surface area contributed by atoms with Crippen molar-refractivity contribution in [1.82, 2.24) is 0 Å². The van der Waals surface area contributed by atoms with E-state index in [1.807, 2.05) is 0 Å². The zero-order chi connectivity index (χ0) is 37.6. The average molecular weight is 426 g/mol. The molecule has 30 heavy (non-hydrogen) atoms. The number of benzene rings is 4. The Labute approximate surface area is 209 Å². The van der Waals surface area contributed by atoms with Crippen molar-refractivity contribution in [2.75, 3.05) is 0 Å². The van der Waals surface area contributed by atoms with Gasteiger partial charge < -0.3 is 0 Å². The maximum atomic E-state index is 9.04. The van der Waals surface area contributed by atoms with Crippen LogP contribution < -0.4 is 15.6 Å². The van der Waals surface area contributed by atoms with Crippen LogP contribution in [0.3, 0.4) is 0 Å². The molecule has 0 aliphatic heterocycles. The van der Waals surface area contributed by atoms with Crippen LogP contribution in [0.25, 0.3) is 0 Å². The Bertz CT molecular complexity index is 1800. The van der Waals surface area contributed by atoms with Crippen molar-refractivity contribution in [2.24, 2.45) is 0 Å². The summed E-state index contributed by atoms with van der Waals surface area (Å²) >= 11 is 0. The summed E-state index contributed by atoms with van der Waals surface area (Å²) in [6, 6.07) is -17.3. The molecule has 0 saturated heterocycles. The van der Waals surface area contributed by atoms with E-state index < -0.39 is 155 Å². The molecule has 0 saturated carbocycles. The Kier molecular flexibility index (Phi) is 2.16. The molecule has 4 aromatic carbocycles. The molecule has 0 N–H and O–H groups in total. The van der Waals surface area contributed by atoms with Crippen LogP contribution in [0.4, 0.5) is 0 Å². The van der Waals surface area contributed by atoms with Crippen molar-refractivity contribution in [2.45, 2.75) is 32.2 Å². The molecule has 0 aliphatic rings. The van der Waals surface area contributed by atoms with Crippen molar-refractivity contribution < 1.29 is 26.0 Å². The Morgan fingerprint density at radius 2 is 0.933 bits per heavy atom. The molecule has 0 unspecified atom stereocenters. The van der Waals surface area contributed by atoms with Crippen molar-refractivity contribution >= 4 is 23.6 Å². The summed E-state index contributed by atoms with van der Waals surface area (Å²) < 4.78 is 166. The predicted octanol–water partition coefficient (Wildman–Crippen LogP) is 5.24. The van der Waals surface area contributed by atoms with Crippen LogP contribution in [-0.4, -0.2) is 8.07 Å². The summed E-state index contributed by atoms with van der Waals surface area (Å²) in [5, 5.41) is -2.19. The Morgan fingerprint density at radius 1 is 0.567 bits per heavy atom. The van der Waals surface area contributed by atoms with E-state index in [1.54, 1.807) is 20.8 Å². The highest BCUT2D eigenvalue weighted by molar-refractivity contribution is 7.11. The van der Waals surface area contributed by atoms with Gasteiger partial charge in [-0.15, -0.1) is 0 Å². The fourth-order valence-electron chi connectivity index (χ4n) is 3.10. The van der Waals surface area contributed by atoms with Gasteiger partial charge in [0, 0.05) is 0 Å². The number of rotatable bonds is 5. The van der Waals surface area contributed by atoms with Crippen LogP contribution in [0, 0.1) is 0 Å². The van der Waals surface area contributed by atoms with Gasteiger partial charge in [0.15, 0.2) is 8.07 Å². The minimum absolute atomic E-state index is 0.00643. The molecule has 0 fully saturated rings. The van der Waals surface area contributed by atoms with Gasteiger partial charge in [0.1, 0.15) is 0 Å². The van der Waals surface area contributed by atoms with Gasteiger partial charge in [0.2, 0.25) is 0 Å². The second-order valence-electron chi connectivity index (χ2n) is 7.69. The lowest BCUT2D eigenvalue weighted by molar-refractivity contribution is 0.590. The molecule has 0 aromatic heterocycles. The minimum atomic E-state index is -5.36. The van der Waals surface area contributed by atoms with E-state index in [4.69, 9.17) is 26.0 Å². The topological polar surface area (TPSA) is 0 Å². The lowest BCUT2D eigenvalue weighted by Gasteiger charge is -2.34. The zero-order valence-corrected chi connectivity index (χ0v) is 17.7. The third kappa shape index (κ3) is 4.03. The van der Waals surface area contributed by atoms with Crippen LogP contribution >= 0.6 is 0 Å². The lowest BCUT2D eigenvalue weighted by atomic mass is 9.87. The molecule has 0 bridgehead atoms. The van der Waals surface area contributed by atoms with E-state index in [0.29, 0.717) is 0 Å². The first-order valence-electron chi connectivity index (χ1n) is 18.7. The highest BCUT2D eigenvalue weighted by Crippen LogP contribution is 2.23. The van der Waals surface area contributed by atoms with E-state index in [9.17, 15) is 0 Å². The minimum Gasteiger partial charge on any atom is -0.0624 e. The third-order valence-corrected chi connectivity index (χ3v) is 8.84. The van der Waals surface area contributed by atoms with Gasteiger partial charge in [-0.1, -0.05) is 136 Å². The molecule has 0 radical (unpaired) electrons. The second kappa shape index (κ2) is 8.45. The summed E-state index contributed by atoms with van der Waals surface area (Å²) in [5.41, 5.74) is -1.38. The van der Waals surface area contributed by atoms with Gasteiger partial charge in [-0.25, -0.2) is 0 Å². The Morgan fingerprint density at radius 3 is 1.27 bits per heavy atom. The standard InChI is InChI=1S/C29H30Si/c1-29(2,3)25-21-19-24(20-22-25)23-30(26-13-7-4-8-14-26,27-15-9-5-10-16-27)28-17-11-6-12-18-28/h4-22H,23H2,1-3H3/i4D,5D,6D,7D,8D,9D,10D,11D,12D,13D,14D,15D,16D,17D,18D,19D,20D,21D,22D. The van der Waals surface area contributed by atoms with E-state index in [0.717, 1.165) is 0 Å². The third-order valence-electron chi connectivity index (χ3n) is 4.65. The van der Waals surface area contributed by atoms with Crippen molar-refractivity contribution in [3.63, 3.8) is 0 Å². The van der Waals surface area contributed by atoms with E-state index in [2.05, 4.69) is 0 Å². The van der Waals surface area contributed by atoms with Crippen LogP contribution in [0.2, 0.25) is 0 Å². The predicted molar refractivity (Wildman–Crippen MR) is 133 cm³/mol. The highest BCUT2D eigenvalue weighted by Gasteiger charge is 2.39. The maximum Gasteiger partial charge on any atom is 0.152 e. The Hall–Kier alpha value is -2.90. The molecule has 0 atom stereocenters. The van der Waals surface area contributed by atoms with Crippen molar-refractivity contribution in [1.29, 1.82) is 0 Å². The molecule has 4 aromatic rings. The van der Waals surface area contributed by atoms with Crippen molar-refractivity contribution in [3.8, 4) is 0 Å². The fourth-order valence-corrected chi connectivity index (χ4v) is 6.74. The smallest absolute Gasteiger partial charge is 0.0624 e.